The van der Waals surface area contributed by atoms with Gasteiger partial charge < -0.3 is 9.47 Å². The Kier molecular flexibility index (Phi) is 2.57. The van der Waals surface area contributed by atoms with Crippen LogP contribution in [0.1, 0.15) is 17.4 Å². The molecule has 0 saturated carbocycles. The highest BCUT2D eigenvalue weighted by Gasteiger charge is 2.16. The van der Waals surface area contributed by atoms with Gasteiger partial charge in [0.05, 0.1) is 19.8 Å². The summed E-state index contributed by atoms with van der Waals surface area (Å²) in [5.74, 6) is 0. The Hall–Kier alpha value is -0.930. The van der Waals surface area contributed by atoms with Gasteiger partial charge in [-0.15, -0.1) is 0 Å². The predicted octanol–water partition coefficient (Wildman–Crippen LogP) is 1.48. The van der Waals surface area contributed by atoms with E-state index in [0.29, 0.717) is 19.8 Å². The Morgan fingerprint density at radius 3 is 2.92 bits per heavy atom. The molecule has 0 spiro atoms. The van der Waals surface area contributed by atoms with Crippen LogP contribution in [0.5, 0.6) is 0 Å². The fourth-order valence-electron chi connectivity index (χ4n) is 1.35. The summed E-state index contributed by atoms with van der Waals surface area (Å²) in [4.78, 5) is 4.22. The third-order valence-electron chi connectivity index (χ3n) is 2.12. The number of rotatable bonds is 1. The molecular formula is C10H13NO2. The number of pyridine rings is 1. The molecular weight excluding hydrogens is 166 g/mol. The Morgan fingerprint density at radius 1 is 1.38 bits per heavy atom. The smallest absolute Gasteiger partial charge is 0.107 e. The molecule has 0 bridgehead atoms. The van der Waals surface area contributed by atoms with E-state index < -0.39 is 0 Å². The van der Waals surface area contributed by atoms with E-state index in [0.717, 1.165) is 11.3 Å². The molecule has 70 valence electrons. The second kappa shape index (κ2) is 3.85. The van der Waals surface area contributed by atoms with Crippen LogP contribution < -0.4 is 0 Å². The first kappa shape index (κ1) is 8.66. The van der Waals surface area contributed by atoms with Crippen molar-refractivity contribution in [2.45, 2.75) is 13.0 Å². The molecule has 3 heteroatoms. The standard InChI is InChI=1S/C10H13NO2/c1-8-2-3-9(6-11-8)10-7-12-4-5-13-10/h2-3,6,10H,4-5,7H2,1H3. The van der Waals surface area contributed by atoms with Crippen LogP contribution in [0.4, 0.5) is 0 Å². The van der Waals surface area contributed by atoms with E-state index >= 15 is 0 Å². The number of aryl methyl sites for hydroxylation is 1. The van der Waals surface area contributed by atoms with Gasteiger partial charge in [0.1, 0.15) is 6.10 Å². The van der Waals surface area contributed by atoms with E-state index in [9.17, 15) is 0 Å². The van der Waals surface area contributed by atoms with E-state index in [1.807, 2.05) is 25.3 Å². The van der Waals surface area contributed by atoms with Crippen molar-refractivity contribution in [1.82, 2.24) is 4.98 Å². The number of nitrogens with zero attached hydrogens (tertiary/aromatic N) is 1. The normalized spacial score (nSPS) is 23.0. The van der Waals surface area contributed by atoms with Gasteiger partial charge in [0, 0.05) is 17.5 Å². The molecule has 0 radical (unpaired) electrons. The molecule has 0 N–H and O–H groups in total. The molecule has 1 aliphatic rings. The van der Waals surface area contributed by atoms with Gasteiger partial charge in [-0.05, 0) is 13.0 Å². The topological polar surface area (TPSA) is 31.4 Å². The summed E-state index contributed by atoms with van der Waals surface area (Å²) >= 11 is 0. The van der Waals surface area contributed by atoms with Crippen molar-refractivity contribution >= 4 is 0 Å². The monoisotopic (exact) mass is 179 g/mol. The summed E-state index contributed by atoms with van der Waals surface area (Å²) in [5.41, 5.74) is 2.13. The molecule has 1 saturated heterocycles. The third-order valence-corrected chi connectivity index (χ3v) is 2.12. The van der Waals surface area contributed by atoms with Gasteiger partial charge in [-0.3, -0.25) is 4.98 Å². The van der Waals surface area contributed by atoms with E-state index in [1.165, 1.54) is 0 Å². The Bertz CT molecular complexity index is 265. The van der Waals surface area contributed by atoms with E-state index in [-0.39, 0.29) is 6.10 Å². The van der Waals surface area contributed by atoms with Crippen LogP contribution in [-0.2, 0) is 9.47 Å². The summed E-state index contributed by atoms with van der Waals surface area (Å²) in [6.07, 6.45) is 1.93. The van der Waals surface area contributed by atoms with Crippen LogP contribution in [0, 0.1) is 6.92 Å². The van der Waals surface area contributed by atoms with Crippen LogP contribution in [0.15, 0.2) is 18.3 Å². The highest BCUT2D eigenvalue weighted by molar-refractivity contribution is 5.16. The number of ether oxygens (including phenoxy) is 2. The first-order valence-corrected chi connectivity index (χ1v) is 4.48. The molecule has 2 heterocycles. The molecule has 1 aromatic heterocycles. The predicted molar refractivity (Wildman–Crippen MR) is 48.5 cm³/mol. The maximum Gasteiger partial charge on any atom is 0.107 e. The SMILES string of the molecule is Cc1ccc(C2COCCO2)cn1. The van der Waals surface area contributed by atoms with E-state index in [2.05, 4.69) is 4.98 Å². The number of aromatic nitrogens is 1. The zero-order valence-corrected chi connectivity index (χ0v) is 7.69. The highest BCUT2D eigenvalue weighted by Crippen LogP contribution is 2.19. The molecule has 1 fully saturated rings. The molecule has 1 aliphatic heterocycles. The number of hydrogen-bond donors (Lipinski definition) is 0. The lowest BCUT2D eigenvalue weighted by molar-refractivity contribution is -0.0902. The minimum absolute atomic E-state index is 0.0712. The van der Waals surface area contributed by atoms with Gasteiger partial charge in [-0.25, -0.2) is 0 Å². The van der Waals surface area contributed by atoms with Gasteiger partial charge in [-0.1, -0.05) is 6.07 Å². The average Bonchev–Trinajstić information content (AvgIpc) is 2.20. The molecule has 3 nitrogen and oxygen atoms in total. The minimum atomic E-state index is 0.0712. The summed E-state index contributed by atoms with van der Waals surface area (Å²) in [5, 5.41) is 0. The van der Waals surface area contributed by atoms with Gasteiger partial charge in [0.25, 0.3) is 0 Å². The summed E-state index contributed by atoms with van der Waals surface area (Å²) in [6, 6.07) is 4.04. The van der Waals surface area contributed by atoms with Crippen LogP contribution in [0.25, 0.3) is 0 Å². The maximum absolute atomic E-state index is 5.54. The zero-order valence-electron chi connectivity index (χ0n) is 7.69. The second-order valence-corrected chi connectivity index (χ2v) is 3.17. The molecule has 13 heavy (non-hydrogen) atoms. The fourth-order valence-corrected chi connectivity index (χ4v) is 1.35. The second-order valence-electron chi connectivity index (χ2n) is 3.17. The first-order chi connectivity index (χ1) is 6.36. The molecule has 0 aliphatic carbocycles. The summed E-state index contributed by atoms with van der Waals surface area (Å²) in [6.45, 7) is 4.00. The Balaban J connectivity index is 2.10. The lowest BCUT2D eigenvalue weighted by Gasteiger charge is -2.22. The first-order valence-electron chi connectivity index (χ1n) is 4.48. The zero-order chi connectivity index (χ0) is 9.10. The van der Waals surface area contributed by atoms with Crippen molar-refractivity contribution in [3.8, 4) is 0 Å². The maximum atomic E-state index is 5.54. The Labute approximate surface area is 77.7 Å². The lowest BCUT2D eigenvalue weighted by atomic mass is 10.1. The fraction of sp³-hybridized carbons (Fsp3) is 0.500. The summed E-state index contributed by atoms with van der Waals surface area (Å²) < 4.78 is 10.9. The van der Waals surface area contributed by atoms with Gasteiger partial charge >= 0.3 is 0 Å². The number of hydrogen-bond acceptors (Lipinski definition) is 3. The quantitative estimate of drug-likeness (QED) is 0.654. The molecule has 2 rings (SSSR count). The van der Waals surface area contributed by atoms with E-state index in [4.69, 9.17) is 9.47 Å². The van der Waals surface area contributed by atoms with Crippen LogP contribution >= 0.6 is 0 Å². The molecule has 1 aromatic rings. The third kappa shape index (κ3) is 2.05. The van der Waals surface area contributed by atoms with Gasteiger partial charge in [0.2, 0.25) is 0 Å². The molecule has 1 unspecified atom stereocenters. The van der Waals surface area contributed by atoms with Crippen LogP contribution in [0.2, 0.25) is 0 Å². The molecule has 0 amide bonds. The van der Waals surface area contributed by atoms with Crippen LogP contribution in [-0.4, -0.2) is 24.8 Å². The lowest BCUT2D eigenvalue weighted by Crippen LogP contribution is -2.21. The molecule has 0 aromatic carbocycles. The minimum Gasteiger partial charge on any atom is -0.376 e. The molecule has 1 atom stereocenters. The van der Waals surface area contributed by atoms with Crippen molar-refractivity contribution in [1.29, 1.82) is 0 Å². The van der Waals surface area contributed by atoms with Gasteiger partial charge in [0.15, 0.2) is 0 Å². The highest BCUT2D eigenvalue weighted by atomic mass is 16.6. The van der Waals surface area contributed by atoms with Crippen LogP contribution in [0.3, 0.4) is 0 Å². The average molecular weight is 179 g/mol. The van der Waals surface area contributed by atoms with E-state index in [1.54, 1.807) is 0 Å². The largest absolute Gasteiger partial charge is 0.376 e. The van der Waals surface area contributed by atoms with Gasteiger partial charge in [-0.2, -0.15) is 0 Å². The van der Waals surface area contributed by atoms with Crippen molar-refractivity contribution < 1.29 is 9.47 Å². The van der Waals surface area contributed by atoms with Crippen molar-refractivity contribution in [2.24, 2.45) is 0 Å². The van der Waals surface area contributed by atoms with Crippen molar-refractivity contribution in [2.75, 3.05) is 19.8 Å². The van der Waals surface area contributed by atoms with Crippen molar-refractivity contribution in [3.05, 3.63) is 29.6 Å². The Morgan fingerprint density at radius 2 is 2.31 bits per heavy atom. The van der Waals surface area contributed by atoms with Crippen molar-refractivity contribution in [3.63, 3.8) is 0 Å². The summed E-state index contributed by atoms with van der Waals surface area (Å²) in [7, 11) is 0.